The van der Waals surface area contributed by atoms with Crippen molar-refractivity contribution in [1.29, 1.82) is 0 Å². The molecule has 0 aliphatic carbocycles. The molecule has 4 heteroatoms. The molecule has 0 amide bonds. The molecule has 0 unspecified atom stereocenters. The fourth-order valence-electron chi connectivity index (χ4n) is 1.10. The van der Waals surface area contributed by atoms with Crippen LogP contribution >= 0.6 is 27.3 Å². The Kier molecular flexibility index (Phi) is 3.16. The van der Waals surface area contributed by atoms with Crippen molar-refractivity contribution in [3.05, 3.63) is 45.2 Å². The summed E-state index contributed by atoms with van der Waals surface area (Å²) in [5.41, 5.74) is 0. The zero-order valence-corrected chi connectivity index (χ0v) is 9.81. The van der Waals surface area contributed by atoms with Crippen LogP contribution in [0.25, 0.3) is 0 Å². The molecule has 0 saturated heterocycles. The van der Waals surface area contributed by atoms with Crippen molar-refractivity contribution in [3.63, 3.8) is 0 Å². The quantitative estimate of drug-likeness (QED) is 0.922. The van der Waals surface area contributed by atoms with E-state index in [-0.39, 0.29) is 0 Å². The lowest BCUT2D eigenvalue weighted by Gasteiger charge is -2.04. The highest BCUT2D eigenvalue weighted by Crippen LogP contribution is 2.19. The van der Waals surface area contributed by atoms with E-state index in [1.165, 1.54) is 4.88 Å². The molecule has 0 aliphatic heterocycles. The maximum Gasteiger partial charge on any atom is 0.140 e. The highest BCUT2D eigenvalue weighted by Gasteiger charge is 1.99. The number of pyridine rings is 1. The SMILES string of the molecule is Brc1cccnc1NCc1cccs1. The molecule has 2 aromatic heterocycles. The van der Waals surface area contributed by atoms with E-state index in [0.717, 1.165) is 16.8 Å². The van der Waals surface area contributed by atoms with Crippen LogP contribution in [0.15, 0.2) is 40.3 Å². The minimum Gasteiger partial charge on any atom is -0.364 e. The van der Waals surface area contributed by atoms with Gasteiger partial charge in [-0.2, -0.15) is 0 Å². The van der Waals surface area contributed by atoms with Crippen LogP contribution in [0.3, 0.4) is 0 Å². The monoisotopic (exact) mass is 268 g/mol. The van der Waals surface area contributed by atoms with Crippen molar-refractivity contribution >= 4 is 33.1 Å². The minimum atomic E-state index is 0.827. The summed E-state index contributed by atoms with van der Waals surface area (Å²) in [5.74, 6) is 0.890. The standard InChI is InChI=1S/C10H9BrN2S/c11-9-4-1-5-12-10(9)13-7-8-3-2-6-14-8/h1-6H,7H2,(H,12,13). The molecule has 2 heterocycles. The Morgan fingerprint density at radius 3 is 3.00 bits per heavy atom. The van der Waals surface area contributed by atoms with E-state index in [0.29, 0.717) is 0 Å². The normalized spacial score (nSPS) is 10.1. The summed E-state index contributed by atoms with van der Waals surface area (Å²) in [6.07, 6.45) is 1.78. The van der Waals surface area contributed by atoms with Gasteiger partial charge in [0.05, 0.1) is 11.0 Å². The molecule has 2 nitrogen and oxygen atoms in total. The number of hydrogen-bond acceptors (Lipinski definition) is 3. The van der Waals surface area contributed by atoms with Gasteiger partial charge in [0, 0.05) is 11.1 Å². The molecule has 0 spiro atoms. The summed E-state index contributed by atoms with van der Waals surface area (Å²) in [7, 11) is 0. The average Bonchev–Trinajstić information content (AvgIpc) is 2.69. The molecule has 0 fully saturated rings. The van der Waals surface area contributed by atoms with Crippen molar-refractivity contribution in [2.45, 2.75) is 6.54 Å². The fraction of sp³-hybridized carbons (Fsp3) is 0.100. The molecule has 72 valence electrons. The predicted molar refractivity (Wildman–Crippen MR) is 63.6 cm³/mol. The third kappa shape index (κ3) is 2.33. The Morgan fingerprint density at radius 1 is 1.36 bits per heavy atom. The first kappa shape index (κ1) is 9.68. The molecule has 0 aliphatic rings. The highest BCUT2D eigenvalue weighted by molar-refractivity contribution is 9.10. The van der Waals surface area contributed by atoms with Gasteiger partial charge in [0.2, 0.25) is 0 Å². The number of aromatic nitrogens is 1. The lowest BCUT2D eigenvalue weighted by Crippen LogP contribution is -1.99. The first-order valence-corrected chi connectivity index (χ1v) is 5.90. The smallest absolute Gasteiger partial charge is 0.140 e. The second-order valence-corrected chi connectivity index (χ2v) is 4.65. The molecule has 0 radical (unpaired) electrons. The first-order valence-electron chi connectivity index (χ1n) is 4.23. The predicted octanol–water partition coefficient (Wildman–Crippen LogP) is 3.52. The van der Waals surface area contributed by atoms with Gasteiger partial charge in [0.1, 0.15) is 5.82 Å². The first-order chi connectivity index (χ1) is 6.86. The van der Waals surface area contributed by atoms with Crippen LogP contribution in [0.4, 0.5) is 5.82 Å². The van der Waals surface area contributed by atoms with Gasteiger partial charge < -0.3 is 5.32 Å². The van der Waals surface area contributed by atoms with Crippen molar-refractivity contribution in [1.82, 2.24) is 4.98 Å². The zero-order chi connectivity index (χ0) is 9.80. The maximum absolute atomic E-state index is 4.22. The maximum atomic E-state index is 4.22. The molecule has 0 atom stereocenters. The molecular formula is C10H9BrN2S. The Morgan fingerprint density at radius 2 is 2.29 bits per heavy atom. The van der Waals surface area contributed by atoms with E-state index in [9.17, 15) is 0 Å². The number of halogens is 1. The van der Waals surface area contributed by atoms with Gasteiger partial charge in [-0.3, -0.25) is 0 Å². The van der Waals surface area contributed by atoms with Gasteiger partial charge in [-0.05, 0) is 39.5 Å². The molecule has 0 aromatic carbocycles. The second kappa shape index (κ2) is 4.57. The van der Waals surface area contributed by atoms with Crippen LogP contribution in [0.1, 0.15) is 4.88 Å². The Bertz CT molecular complexity index is 400. The van der Waals surface area contributed by atoms with E-state index >= 15 is 0 Å². The van der Waals surface area contributed by atoms with E-state index in [1.807, 2.05) is 12.1 Å². The topological polar surface area (TPSA) is 24.9 Å². The summed E-state index contributed by atoms with van der Waals surface area (Å²) in [5, 5.41) is 5.34. The van der Waals surface area contributed by atoms with Crippen LogP contribution in [0.5, 0.6) is 0 Å². The van der Waals surface area contributed by atoms with Crippen LogP contribution < -0.4 is 5.32 Å². The Balaban J connectivity index is 2.02. The lowest BCUT2D eigenvalue weighted by molar-refractivity contribution is 1.13. The van der Waals surface area contributed by atoms with E-state index in [4.69, 9.17) is 0 Å². The summed E-state index contributed by atoms with van der Waals surface area (Å²) in [4.78, 5) is 5.53. The van der Waals surface area contributed by atoms with E-state index in [1.54, 1.807) is 17.5 Å². The van der Waals surface area contributed by atoms with E-state index < -0.39 is 0 Å². The largest absolute Gasteiger partial charge is 0.364 e. The van der Waals surface area contributed by atoms with Gasteiger partial charge in [0.25, 0.3) is 0 Å². The summed E-state index contributed by atoms with van der Waals surface area (Å²) in [6.45, 7) is 0.827. The van der Waals surface area contributed by atoms with Crippen LogP contribution in [-0.2, 0) is 6.54 Å². The molecule has 0 saturated carbocycles. The lowest BCUT2D eigenvalue weighted by atomic mass is 10.4. The summed E-state index contributed by atoms with van der Waals surface area (Å²) < 4.78 is 0.997. The molecule has 0 bridgehead atoms. The highest BCUT2D eigenvalue weighted by atomic mass is 79.9. The molecule has 1 N–H and O–H groups in total. The van der Waals surface area contributed by atoms with Gasteiger partial charge in [-0.25, -0.2) is 4.98 Å². The fourth-order valence-corrected chi connectivity index (χ4v) is 2.14. The van der Waals surface area contributed by atoms with Crippen molar-refractivity contribution in [2.75, 3.05) is 5.32 Å². The van der Waals surface area contributed by atoms with Gasteiger partial charge in [-0.15, -0.1) is 11.3 Å². The van der Waals surface area contributed by atoms with Gasteiger partial charge in [0.15, 0.2) is 0 Å². The minimum absolute atomic E-state index is 0.827. The molecular weight excluding hydrogens is 260 g/mol. The van der Waals surface area contributed by atoms with Crippen LogP contribution in [-0.4, -0.2) is 4.98 Å². The average molecular weight is 269 g/mol. The Labute approximate surface area is 95.1 Å². The number of hydrogen-bond donors (Lipinski definition) is 1. The second-order valence-electron chi connectivity index (χ2n) is 2.77. The van der Waals surface area contributed by atoms with Crippen molar-refractivity contribution in [3.8, 4) is 0 Å². The van der Waals surface area contributed by atoms with Crippen LogP contribution in [0, 0.1) is 0 Å². The van der Waals surface area contributed by atoms with Crippen molar-refractivity contribution in [2.24, 2.45) is 0 Å². The third-order valence-electron chi connectivity index (χ3n) is 1.77. The zero-order valence-electron chi connectivity index (χ0n) is 7.40. The van der Waals surface area contributed by atoms with Gasteiger partial charge in [-0.1, -0.05) is 6.07 Å². The van der Waals surface area contributed by atoms with Crippen LogP contribution in [0.2, 0.25) is 0 Å². The number of nitrogens with zero attached hydrogens (tertiary/aromatic N) is 1. The number of rotatable bonds is 3. The van der Waals surface area contributed by atoms with Gasteiger partial charge >= 0.3 is 0 Å². The molecule has 2 aromatic rings. The summed E-state index contributed by atoms with van der Waals surface area (Å²) >= 11 is 5.18. The number of thiophene rings is 1. The Hall–Kier alpha value is -0.870. The molecule has 2 rings (SSSR count). The molecule has 14 heavy (non-hydrogen) atoms. The summed E-state index contributed by atoms with van der Waals surface area (Å²) in [6, 6.07) is 8.04. The van der Waals surface area contributed by atoms with E-state index in [2.05, 4.69) is 43.7 Å². The third-order valence-corrected chi connectivity index (χ3v) is 3.28. The van der Waals surface area contributed by atoms with Crippen molar-refractivity contribution < 1.29 is 0 Å². The number of anilines is 1. The number of nitrogens with one attached hydrogen (secondary N) is 1.